The van der Waals surface area contributed by atoms with E-state index in [2.05, 4.69) is 0 Å². The quantitative estimate of drug-likeness (QED) is 0.642. The van der Waals surface area contributed by atoms with Gasteiger partial charge in [0, 0.05) is 32.7 Å². The molecule has 1 amide bonds. The van der Waals surface area contributed by atoms with Crippen molar-refractivity contribution in [1.82, 2.24) is 4.90 Å². The molecular weight excluding hydrogens is 194 g/mol. The van der Waals surface area contributed by atoms with Crippen LogP contribution in [0.2, 0.25) is 0 Å². The van der Waals surface area contributed by atoms with Crippen molar-refractivity contribution in [2.45, 2.75) is 25.7 Å². The second kappa shape index (κ2) is 4.75. The molecule has 2 rings (SSSR count). The molecule has 0 aromatic rings. The molecule has 2 aliphatic heterocycles. The third-order valence-corrected chi connectivity index (χ3v) is 3.28. The normalized spacial score (nSPS) is 23.9. The number of nitrogens with zero attached hydrogens (tertiary/aromatic N) is 1. The minimum atomic E-state index is -0.276. The molecule has 4 heteroatoms. The number of amides is 1. The van der Waals surface area contributed by atoms with E-state index >= 15 is 0 Å². The first-order chi connectivity index (χ1) is 7.27. The van der Waals surface area contributed by atoms with Gasteiger partial charge in [-0.15, -0.1) is 0 Å². The molecule has 0 unspecified atom stereocenters. The second-order valence-corrected chi connectivity index (χ2v) is 4.31. The number of likely N-dealkylation sites (tertiary alicyclic amines) is 1. The molecule has 2 aliphatic rings. The van der Waals surface area contributed by atoms with Crippen molar-refractivity contribution in [3.05, 3.63) is 0 Å². The summed E-state index contributed by atoms with van der Waals surface area (Å²) in [5.41, 5.74) is 0. The highest BCUT2D eigenvalue weighted by atomic mass is 16.5. The van der Waals surface area contributed by atoms with Crippen LogP contribution < -0.4 is 0 Å². The fourth-order valence-corrected chi connectivity index (χ4v) is 2.21. The van der Waals surface area contributed by atoms with E-state index in [0.717, 1.165) is 39.0 Å². The fraction of sp³-hybridized carbons (Fsp3) is 0.818. The fourth-order valence-electron chi connectivity index (χ4n) is 2.21. The molecule has 4 nitrogen and oxygen atoms in total. The molecular formula is C11H17NO3. The lowest BCUT2D eigenvalue weighted by Crippen LogP contribution is -2.30. The van der Waals surface area contributed by atoms with E-state index in [4.69, 9.17) is 4.74 Å². The molecule has 0 atom stereocenters. The smallest absolute Gasteiger partial charge is 0.290 e. The number of ether oxygens (including phenoxy) is 1. The lowest BCUT2D eigenvalue weighted by atomic mass is 9.96. The maximum absolute atomic E-state index is 11.3. The Balaban J connectivity index is 1.73. The summed E-state index contributed by atoms with van der Waals surface area (Å²) in [5.74, 6) is 0.172. The van der Waals surface area contributed by atoms with E-state index < -0.39 is 0 Å². The largest absolute Gasteiger partial charge is 0.381 e. The molecule has 0 saturated carbocycles. The molecule has 0 aromatic carbocycles. The van der Waals surface area contributed by atoms with Crippen LogP contribution in [0.1, 0.15) is 25.7 Å². The summed E-state index contributed by atoms with van der Waals surface area (Å²) < 4.78 is 5.28. The maximum atomic E-state index is 11.3. The van der Waals surface area contributed by atoms with E-state index in [1.54, 1.807) is 4.90 Å². The van der Waals surface area contributed by atoms with Crippen LogP contribution in [0.4, 0.5) is 0 Å². The highest BCUT2D eigenvalue weighted by Crippen LogP contribution is 2.19. The van der Waals surface area contributed by atoms with E-state index in [0.29, 0.717) is 18.9 Å². The third kappa shape index (κ3) is 2.56. The summed E-state index contributed by atoms with van der Waals surface area (Å²) in [6, 6.07) is 0. The highest BCUT2D eigenvalue weighted by Gasteiger charge is 2.29. The Bertz CT molecular complexity index is 259. The second-order valence-electron chi connectivity index (χ2n) is 4.31. The number of carbonyl (C=O) groups excluding carboxylic acids is 2. The number of hydrogen-bond donors (Lipinski definition) is 0. The van der Waals surface area contributed by atoms with Gasteiger partial charge in [-0.25, -0.2) is 0 Å². The predicted octanol–water partition coefficient (Wildman–Crippen LogP) is 0.604. The number of ketones is 1. The first-order valence-electron chi connectivity index (χ1n) is 5.67. The van der Waals surface area contributed by atoms with Crippen LogP contribution in [0.25, 0.3) is 0 Å². The molecule has 2 heterocycles. The Labute approximate surface area is 89.6 Å². The van der Waals surface area contributed by atoms with Crippen LogP contribution in [-0.4, -0.2) is 42.9 Å². The van der Waals surface area contributed by atoms with Gasteiger partial charge in [0.25, 0.3) is 5.91 Å². The van der Waals surface area contributed by atoms with Crippen LogP contribution in [0.15, 0.2) is 0 Å². The molecule has 15 heavy (non-hydrogen) atoms. The SMILES string of the molecule is O=C1CCN(CCC2CCOCC2)C1=O. The van der Waals surface area contributed by atoms with Gasteiger partial charge in [-0.3, -0.25) is 9.59 Å². The van der Waals surface area contributed by atoms with Crippen molar-refractivity contribution in [3.8, 4) is 0 Å². The topological polar surface area (TPSA) is 46.6 Å². The molecule has 0 radical (unpaired) electrons. The standard InChI is InChI=1S/C11H17NO3/c13-10-2-6-12(11(10)14)5-1-9-3-7-15-8-4-9/h9H,1-8H2. The van der Waals surface area contributed by atoms with Crippen LogP contribution in [0, 0.1) is 5.92 Å². The molecule has 0 aromatic heterocycles. The summed E-state index contributed by atoms with van der Waals surface area (Å²) in [4.78, 5) is 24.0. The maximum Gasteiger partial charge on any atom is 0.290 e. The summed E-state index contributed by atoms with van der Waals surface area (Å²) in [5, 5.41) is 0. The first-order valence-corrected chi connectivity index (χ1v) is 5.67. The van der Waals surface area contributed by atoms with E-state index in [9.17, 15) is 9.59 Å². The van der Waals surface area contributed by atoms with Crippen LogP contribution in [-0.2, 0) is 14.3 Å². The Hall–Kier alpha value is -0.900. The van der Waals surface area contributed by atoms with Crippen LogP contribution >= 0.6 is 0 Å². The molecule has 0 spiro atoms. The summed E-state index contributed by atoms with van der Waals surface area (Å²) in [7, 11) is 0. The Morgan fingerprint density at radius 1 is 1.27 bits per heavy atom. The van der Waals surface area contributed by atoms with E-state index in [1.165, 1.54) is 0 Å². The van der Waals surface area contributed by atoms with Crippen molar-refractivity contribution in [2.75, 3.05) is 26.3 Å². The van der Waals surface area contributed by atoms with Gasteiger partial charge in [0.15, 0.2) is 0 Å². The monoisotopic (exact) mass is 211 g/mol. The Kier molecular flexibility index (Phi) is 3.36. The molecule has 84 valence electrons. The van der Waals surface area contributed by atoms with Crippen LogP contribution in [0.3, 0.4) is 0 Å². The number of rotatable bonds is 3. The molecule has 0 aliphatic carbocycles. The Morgan fingerprint density at radius 2 is 2.00 bits per heavy atom. The van der Waals surface area contributed by atoms with Gasteiger partial charge in [0.2, 0.25) is 5.78 Å². The van der Waals surface area contributed by atoms with Gasteiger partial charge in [0.05, 0.1) is 0 Å². The molecule has 2 saturated heterocycles. The molecule has 2 fully saturated rings. The molecule has 0 N–H and O–H groups in total. The zero-order valence-electron chi connectivity index (χ0n) is 8.91. The van der Waals surface area contributed by atoms with Crippen molar-refractivity contribution in [1.29, 1.82) is 0 Å². The minimum Gasteiger partial charge on any atom is -0.381 e. The van der Waals surface area contributed by atoms with Crippen molar-refractivity contribution < 1.29 is 14.3 Å². The summed E-state index contributed by atoms with van der Waals surface area (Å²) in [6.07, 6.45) is 3.61. The highest BCUT2D eigenvalue weighted by molar-refractivity contribution is 6.37. The lowest BCUT2D eigenvalue weighted by Gasteiger charge is -2.24. The van der Waals surface area contributed by atoms with Crippen molar-refractivity contribution >= 4 is 11.7 Å². The van der Waals surface area contributed by atoms with Gasteiger partial charge in [0.1, 0.15) is 0 Å². The minimum absolute atomic E-state index is 0.220. The first kappa shape index (κ1) is 10.6. The zero-order chi connectivity index (χ0) is 10.7. The zero-order valence-corrected chi connectivity index (χ0v) is 8.91. The van der Waals surface area contributed by atoms with Gasteiger partial charge in [-0.05, 0) is 25.2 Å². The van der Waals surface area contributed by atoms with Gasteiger partial charge in [-0.2, -0.15) is 0 Å². The van der Waals surface area contributed by atoms with Gasteiger partial charge in [-0.1, -0.05) is 0 Å². The van der Waals surface area contributed by atoms with Crippen molar-refractivity contribution in [3.63, 3.8) is 0 Å². The number of hydrogen-bond acceptors (Lipinski definition) is 3. The Morgan fingerprint density at radius 3 is 2.60 bits per heavy atom. The molecule has 0 bridgehead atoms. The van der Waals surface area contributed by atoms with Gasteiger partial charge >= 0.3 is 0 Å². The average Bonchev–Trinajstić information content (AvgIpc) is 2.59. The average molecular weight is 211 g/mol. The van der Waals surface area contributed by atoms with Crippen LogP contribution in [0.5, 0.6) is 0 Å². The third-order valence-electron chi connectivity index (χ3n) is 3.28. The predicted molar refractivity (Wildman–Crippen MR) is 54.4 cm³/mol. The van der Waals surface area contributed by atoms with E-state index in [1.807, 2.05) is 0 Å². The summed E-state index contributed by atoms with van der Waals surface area (Å²) >= 11 is 0. The van der Waals surface area contributed by atoms with Gasteiger partial charge < -0.3 is 9.64 Å². The number of Topliss-reactive ketones (excluding diaryl/α,β-unsaturated/α-hetero) is 1. The van der Waals surface area contributed by atoms with Crippen molar-refractivity contribution in [2.24, 2.45) is 5.92 Å². The summed E-state index contributed by atoms with van der Waals surface area (Å²) in [6.45, 7) is 3.06. The van der Waals surface area contributed by atoms with E-state index in [-0.39, 0.29) is 11.7 Å². The number of carbonyl (C=O) groups is 2. The lowest BCUT2D eigenvalue weighted by molar-refractivity contribution is -0.140.